The van der Waals surface area contributed by atoms with Crippen molar-refractivity contribution in [1.29, 1.82) is 0 Å². The van der Waals surface area contributed by atoms with E-state index in [9.17, 15) is 4.79 Å². The molecule has 1 aromatic rings. The van der Waals surface area contributed by atoms with Gasteiger partial charge in [0.05, 0.1) is 13.1 Å². The highest BCUT2D eigenvalue weighted by atomic mass is 79.9. The number of quaternary nitrogens is 1. The number of nitrogens with one attached hydrogen (secondary N) is 2. The van der Waals surface area contributed by atoms with Gasteiger partial charge in [-0.25, -0.2) is 0 Å². The zero-order valence-electron chi connectivity index (χ0n) is 12.2. The van der Waals surface area contributed by atoms with E-state index in [1.54, 1.807) is 0 Å². The summed E-state index contributed by atoms with van der Waals surface area (Å²) in [5.74, 6) is 0.131. The predicted molar refractivity (Wildman–Crippen MR) is 86.2 cm³/mol. The molecule has 3 nitrogen and oxygen atoms in total. The standard InChI is InChI=1S/C16H23BrN2O/c1-13-11-14(17)7-8-15(13)18-16(20)12-19-9-5-3-2-4-6-10-19/h7-8,11H,2-6,9-10,12H2,1H3,(H,18,20)/p+1. The molecule has 2 rings (SSSR count). The third kappa shape index (κ3) is 4.91. The Morgan fingerprint density at radius 2 is 1.85 bits per heavy atom. The number of aryl methyl sites for hydroxylation is 1. The summed E-state index contributed by atoms with van der Waals surface area (Å²) in [5, 5.41) is 3.04. The average molecular weight is 340 g/mol. The molecule has 1 saturated heterocycles. The molecule has 2 N–H and O–H groups in total. The van der Waals surface area contributed by atoms with E-state index in [1.165, 1.54) is 37.0 Å². The van der Waals surface area contributed by atoms with Crippen LogP contribution in [-0.4, -0.2) is 25.5 Å². The lowest BCUT2D eigenvalue weighted by Crippen LogP contribution is -3.13. The lowest BCUT2D eigenvalue weighted by atomic mass is 10.1. The molecule has 0 aromatic heterocycles. The largest absolute Gasteiger partial charge is 0.327 e. The molecule has 4 heteroatoms. The van der Waals surface area contributed by atoms with Crippen molar-refractivity contribution < 1.29 is 9.69 Å². The van der Waals surface area contributed by atoms with Gasteiger partial charge in [0.2, 0.25) is 0 Å². The number of likely N-dealkylation sites (tertiary alicyclic amines) is 1. The molecular formula is C16H24BrN2O+. The van der Waals surface area contributed by atoms with Gasteiger partial charge >= 0.3 is 0 Å². The Hall–Kier alpha value is -0.870. The topological polar surface area (TPSA) is 33.5 Å². The quantitative estimate of drug-likeness (QED) is 0.871. The first-order chi connectivity index (χ1) is 9.65. The second-order valence-corrected chi connectivity index (χ2v) is 6.62. The number of hydrogen-bond acceptors (Lipinski definition) is 1. The number of hydrogen-bond donors (Lipinski definition) is 2. The fraction of sp³-hybridized carbons (Fsp3) is 0.562. The van der Waals surface area contributed by atoms with Gasteiger partial charge in [-0.2, -0.15) is 0 Å². The van der Waals surface area contributed by atoms with Crippen LogP contribution in [-0.2, 0) is 4.79 Å². The summed E-state index contributed by atoms with van der Waals surface area (Å²) in [7, 11) is 0. The van der Waals surface area contributed by atoms with E-state index in [0.29, 0.717) is 6.54 Å². The number of rotatable bonds is 3. The highest BCUT2D eigenvalue weighted by Crippen LogP contribution is 2.19. The Morgan fingerprint density at radius 1 is 1.20 bits per heavy atom. The van der Waals surface area contributed by atoms with Crippen molar-refractivity contribution in [3.63, 3.8) is 0 Å². The Morgan fingerprint density at radius 3 is 2.50 bits per heavy atom. The lowest BCUT2D eigenvalue weighted by Gasteiger charge is -2.21. The van der Waals surface area contributed by atoms with Crippen molar-refractivity contribution >= 4 is 27.5 Å². The van der Waals surface area contributed by atoms with Crippen molar-refractivity contribution in [3.05, 3.63) is 28.2 Å². The minimum Gasteiger partial charge on any atom is -0.327 e. The normalized spacial score (nSPS) is 17.3. The number of anilines is 1. The molecule has 1 aromatic carbocycles. The maximum absolute atomic E-state index is 12.2. The molecule has 1 aliphatic heterocycles. The molecule has 0 atom stereocenters. The van der Waals surface area contributed by atoms with Crippen LogP contribution in [0.1, 0.15) is 37.7 Å². The maximum atomic E-state index is 12.2. The van der Waals surface area contributed by atoms with Gasteiger partial charge in [0.1, 0.15) is 0 Å². The van der Waals surface area contributed by atoms with Gasteiger partial charge in [-0.05, 0) is 56.4 Å². The van der Waals surface area contributed by atoms with E-state index in [0.717, 1.165) is 28.8 Å². The van der Waals surface area contributed by atoms with Crippen molar-refractivity contribution in [3.8, 4) is 0 Å². The highest BCUT2D eigenvalue weighted by molar-refractivity contribution is 9.10. The summed E-state index contributed by atoms with van der Waals surface area (Å²) in [5.41, 5.74) is 2.01. The second-order valence-electron chi connectivity index (χ2n) is 5.70. The first-order valence-corrected chi connectivity index (χ1v) is 8.34. The van der Waals surface area contributed by atoms with Crippen LogP contribution in [0, 0.1) is 6.92 Å². The van der Waals surface area contributed by atoms with E-state index in [-0.39, 0.29) is 5.91 Å². The van der Waals surface area contributed by atoms with Crippen LogP contribution < -0.4 is 10.2 Å². The van der Waals surface area contributed by atoms with Crippen LogP contribution in [0.5, 0.6) is 0 Å². The molecule has 1 amide bonds. The number of carbonyl (C=O) groups excluding carboxylic acids is 1. The van der Waals surface area contributed by atoms with Gasteiger partial charge < -0.3 is 10.2 Å². The zero-order chi connectivity index (χ0) is 14.4. The number of halogens is 1. The SMILES string of the molecule is Cc1cc(Br)ccc1NC(=O)C[NH+]1CCCCCCC1. The number of benzene rings is 1. The third-order valence-electron chi connectivity index (χ3n) is 3.93. The van der Waals surface area contributed by atoms with Crippen LogP contribution >= 0.6 is 15.9 Å². The average Bonchev–Trinajstić information content (AvgIpc) is 2.36. The van der Waals surface area contributed by atoms with E-state index in [4.69, 9.17) is 0 Å². The van der Waals surface area contributed by atoms with Gasteiger partial charge in [0.25, 0.3) is 5.91 Å². The van der Waals surface area contributed by atoms with E-state index in [2.05, 4.69) is 21.2 Å². The molecule has 1 fully saturated rings. The Kier molecular flexibility index (Phi) is 6.05. The van der Waals surface area contributed by atoms with E-state index < -0.39 is 0 Å². The molecule has 0 saturated carbocycles. The first-order valence-electron chi connectivity index (χ1n) is 7.55. The van der Waals surface area contributed by atoms with Crippen LogP contribution in [0.25, 0.3) is 0 Å². The van der Waals surface area contributed by atoms with Crippen LogP contribution in [0.3, 0.4) is 0 Å². The zero-order valence-corrected chi connectivity index (χ0v) is 13.8. The number of carbonyl (C=O) groups is 1. The minimum atomic E-state index is 0.131. The van der Waals surface area contributed by atoms with Gasteiger partial charge in [0, 0.05) is 10.2 Å². The lowest BCUT2D eigenvalue weighted by molar-refractivity contribution is -0.892. The molecule has 1 heterocycles. The maximum Gasteiger partial charge on any atom is 0.279 e. The molecule has 0 spiro atoms. The van der Waals surface area contributed by atoms with Gasteiger partial charge in [-0.15, -0.1) is 0 Å². The summed E-state index contributed by atoms with van der Waals surface area (Å²) >= 11 is 3.44. The van der Waals surface area contributed by atoms with Crippen LogP contribution in [0.15, 0.2) is 22.7 Å². The first kappa shape index (κ1) is 15.5. The minimum absolute atomic E-state index is 0.131. The summed E-state index contributed by atoms with van der Waals surface area (Å²) in [4.78, 5) is 13.6. The Bertz CT molecular complexity index is 454. The van der Waals surface area contributed by atoms with Crippen molar-refractivity contribution in [2.45, 2.75) is 39.0 Å². The molecule has 20 heavy (non-hydrogen) atoms. The van der Waals surface area contributed by atoms with Crippen molar-refractivity contribution in [2.24, 2.45) is 0 Å². The molecule has 0 bridgehead atoms. The van der Waals surface area contributed by atoms with Gasteiger partial charge in [0.15, 0.2) is 6.54 Å². The van der Waals surface area contributed by atoms with E-state index in [1.807, 2.05) is 25.1 Å². The molecule has 0 unspecified atom stereocenters. The molecule has 110 valence electrons. The van der Waals surface area contributed by atoms with Crippen molar-refractivity contribution in [2.75, 3.05) is 25.0 Å². The molecule has 0 aliphatic carbocycles. The predicted octanol–water partition coefficient (Wildman–Crippen LogP) is 2.55. The highest BCUT2D eigenvalue weighted by Gasteiger charge is 2.16. The fourth-order valence-corrected chi connectivity index (χ4v) is 3.25. The van der Waals surface area contributed by atoms with Gasteiger partial charge in [-0.3, -0.25) is 4.79 Å². The summed E-state index contributed by atoms with van der Waals surface area (Å²) < 4.78 is 1.04. The smallest absolute Gasteiger partial charge is 0.279 e. The summed E-state index contributed by atoms with van der Waals surface area (Å²) in [6, 6.07) is 5.95. The molecule has 1 aliphatic rings. The Balaban J connectivity index is 1.87. The second kappa shape index (κ2) is 7.79. The monoisotopic (exact) mass is 339 g/mol. The number of amides is 1. The summed E-state index contributed by atoms with van der Waals surface area (Å²) in [6.45, 7) is 4.87. The van der Waals surface area contributed by atoms with Crippen molar-refractivity contribution in [1.82, 2.24) is 0 Å². The molecular weight excluding hydrogens is 316 g/mol. The fourth-order valence-electron chi connectivity index (χ4n) is 2.77. The van der Waals surface area contributed by atoms with Crippen LogP contribution in [0.2, 0.25) is 0 Å². The Labute approximate surface area is 129 Å². The summed E-state index contributed by atoms with van der Waals surface area (Å²) in [6.07, 6.45) is 6.49. The molecule has 0 radical (unpaired) electrons. The van der Waals surface area contributed by atoms with E-state index >= 15 is 0 Å². The van der Waals surface area contributed by atoms with Crippen LogP contribution in [0.4, 0.5) is 5.69 Å². The third-order valence-corrected chi connectivity index (χ3v) is 4.43. The van der Waals surface area contributed by atoms with Gasteiger partial charge in [-0.1, -0.05) is 22.4 Å².